The van der Waals surface area contributed by atoms with E-state index >= 15 is 0 Å². The largest absolute Gasteiger partial charge is 0.378 e. The molecule has 0 bridgehead atoms. The van der Waals surface area contributed by atoms with Gasteiger partial charge in [-0.1, -0.05) is 13.5 Å². The SMILES string of the molecule is C=CN(CCC)CCCSC. The zero-order valence-electron chi connectivity index (χ0n) is 7.68. The summed E-state index contributed by atoms with van der Waals surface area (Å²) in [7, 11) is 0. The third-order valence-corrected chi connectivity index (χ3v) is 2.26. The van der Waals surface area contributed by atoms with Gasteiger partial charge in [-0.25, -0.2) is 0 Å². The number of hydrogen-bond acceptors (Lipinski definition) is 2. The highest BCUT2D eigenvalue weighted by atomic mass is 32.2. The van der Waals surface area contributed by atoms with Crippen LogP contribution in [0.2, 0.25) is 0 Å². The second kappa shape index (κ2) is 7.99. The van der Waals surface area contributed by atoms with E-state index in [0.29, 0.717) is 0 Å². The fourth-order valence-electron chi connectivity index (χ4n) is 0.994. The summed E-state index contributed by atoms with van der Waals surface area (Å²) in [5, 5.41) is 0. The quantitative estimate of drug-likeness (QED) is 0.544. The summed E-state index contributed by atoms with van der Waals surface area (Å²) in [4.78, 5) is 2.29. The van der Waals surface area contributed by atoms with Crippen molar-refractivity contribution >= 4 is 11.8 Å². The Kier molecular flexibility index (Phi) is 7.91. The van der Waals surface area contributed by atoms with Gasteiger partial charge in [-0.05, 0) is 31.1 Å². The van der Waals surface area contributed by atoms with E-state index in [2.05, 4.69) is 24.7 Å². The van der Waals surface area contributed by atoms with E-state index in [9.17, 15) is 0 Å². The molecule has 0 spiro atoms. The summed E-state index contributed by atoms with van der Waals surface area (Å²) in [5.74, 6) is 1.26. The van der Waals surface area contributed by atoms with Crippen molar-refractivity contribution in [3.63, 3.8) is 0 Å². The smallest absolute Gasteiger partial charge is 0.0180 e. The van der Waals surface area contributed by atoms with Gasteiger partial charge < -0.3 is 4.90 Å². The van der Waals surface area contributed by atoms with Crippen LogP contribution in [0, 0.1) is 0 Å². The Balaban J connectivity index is 3.28. The second-order valence-electron chi connectivity index (χ2n) is 2.56. The molecule has 0 aromatic carbocycles. The lowest BCUT2D eigenvalue weighted by molar-refractivity contribution is 0.378. The van der Waals surface area contributed by atoms with E-state index in [-0.39, 0.29) is 0 Å². The Morgan fingerprint density at radius 3 is 2.64 bits per heavy atom. The van der Waals surface area contributed by atoms with Crippen molar-refractivity contribution in [2.45, 2.75) is 19.8 Å². The molecule has 66 valence electrons. The Morgan fingerprint density at radius 2 is 2.18 bits per heavy atom. The summed E-state index contributed by atoms with van der Waals surface area (Å²) in [5.41, 5.74) is 0. The van der Waals surface area contributed by atoms with Crippen LogP contribution >= 0.6 is 11.8 Å². The Hall–Kier alpha value is -0.110. The first-order valence-electron chi connectivity index (χ1n) is 4.20. The van der Waals surface area contributed by atoms with Crippen molar-refractivity contribution < 1.29 is 0 Å². The van der Waals surface area contributed by atoms with E-state index in [1.54, 1.807) is 0 Å². The summed E-state index contributed by atoms with van der Waals surface area (Å²) < 4.78 is 0. The van der Waals surface area contributed by atoms with Gasteiger partial charge in [-0.3, -0.25) is 0 Å². The predicted molar refractivity (Wildman–Crippen MR) is 55.1 cm³/mol. The maximum atomic E-state index is 3.78. The van der Waals surface area contributed by atoms with Gasteiger partial charge in [-0.15, -0.1) is 0 Å². The molecular formula is C9H19NS. The van der Waals surface area contributed by atoms with Gasteiger partial charge >= 0.3 is 0 Å². The second-order valence-corrected chi connectivity index (χ2v) is 3.55. The molecule has 0 aromatic rings. The molecule has 0 aromatic heterocycles. The summed E-state index contributed by atoms with van der Waals surface area (Å²) >= 11 is 1.91. The van der Waals surface area contributed by atoms with Crippen molar-refractivity contribution in [2.24, 2.45) is 0 Å². The molecule has 0 aliphatic carbocycles. The first-order chi connectivity index (χ1) is 5.35. The van der Waals surface area contributed by atoms with Crippen LogP contribution in [0.25, 0.3) is 0 Å². The monoisotopic (exact) mass is 173 g/mol. The third kappa shape index (κ3) is 6.29. The van der Waals surface area contributed by atoms with E-state index < -0.39 is 0 Å². The van der Waals surface area contributed by atoms with Crippen molar-refractivity contribution in [2.75, 3.05) is 25.1 Å². The highest BCUT2D eigenvalue weighted by Crippen LogP contribution is 1.99. The van der Waals surface area contributed by atoms with Crippen LogP contribution < -0.4 is 0 Å². The molecule has 0 saturated carbocycles. The van der Waals surface area contributed by atoms with Crippen LogP contribution in [-0.2, 0) is 0 Å². The van der Waals surface area contributed by atoms with E-state index in [1.165, 1.54) is 18.6 Å². The molecular weight excluding hydrogens is 154 g/mol. The van der Waals surface area contributed by atoms with Crippen LogP contribution in [-0.4, -0.2) is 30.0 Å². The summed E-state index contributed by atoms with van der Waals surface area (Å²) in [6.45, 7) is 8.29. The summed E-state index contributed by atoms with van der Waals surface area (Å²) in [6, 6.07) is 0. The average Bonchev–Trinajstić information content (AvgIpc) is 2.03. The van der Waals surface area contributed by atoms with Crippen molar-refractivity contribution in [1.82, 2.24) is 4.90 Å². The van der Waals surface area contributed by atoms with Gasteiger partial charge in [0.2, 0.25) is 0 Å². The number of nitrogens with zero attached hydrogens (tertiary/aromatic N) is 1. The number of hydrogen-bond donors (Lipinski definition) is 0. The first kappa shape index (κ1) is 10.9. The van der Waals surface area contributed by atoms with Crippen LogP contribution in [0.15, 0.2) is 12.8 Å². The highest BCUT2D eigenvalue weighted by Gasteiger charge is 1.94. The molecule has 0 heterocycles. The van der Waals surface area contributed by atoms with Crippen molar-refractivity contribution in [1.29, 1.82) is 0 Å². The van der Waals surface area contributed by atoms with Crippen LogP contribution in [0.1, 0.15) is 19.8 Å². The lowest BCUT2D eigenvalue weighted by Crippen LogP contribution is -2.19. The molecule has 1 nitrogen and oxygen atoms in total. The molecule has 0 saturated heterocycles. The number of rotatable bonds is 7. The van der Waals surface area contributed by atoms with Gasteiger partial charge in [0, 0.05) is 13.1 Å². The van der Waals surface area contributed by atoms with Gasteiger partial charge in [-0.2, -0.15) is 11.8 Å². The number of thioether (sulfide) groups is 1. The highest BCUT2D eigenvalue weighted by molar-refractivity contribution is 7.98. The van der Waals surface area contributed by atoms with Crippen LogP contribution in [0.3, 0.4) is 0 Å². The van der Waals surface area contributed by atoms with E-state index in [4.69, 9.17) is 0 Å². The Bertz CT molecular complexity index is 93.6. The third-order valence-electron chi connectivity index (χ3n) is 1.56. The molecule has 0 fully saturated rings. The van der Waals surface area contributed by atoms with Gasteiger partial charge in [0.25, 0.3) is 0 Å². The molecule has 0 atom stereocenters. The predicted octanol–water partition coefficient (Wildman–Crippen LogP) is 2.60. The van der Waals surface area contributed by atoms with Crippen LogP contribution in [0.5, 0.6) is 0 Å². The minimum atomic E-state index is 1.15. The zero-order valence-corrected chi connectivity index (χ0v) is 8.49. The molecule has 0 aliphatic rings. The standard InChI is InChI=1S/C9H19NS/c1-4-7-10(5-2)8-6-9-11-3/h5H,2,4,6-9H2,1,3H3. The molecule has 2 heteroatoms. The first-order valence-corrected chi connectivity index (χ1v) is 5.60. The normalized spacial score (nSPS) is 9.64. The maximum Gasteiger partial charge on any atom is 0.0180 e. The van der Waals surface area contributed by atoms with Crippen molar-refractivity contribution in [3.8, 4) is 0 Å². The Morgan fingerprint density at radius 1 is 1.45 bits per heavy atom. The Labute approximate surface area is 74.9 Å². The molecule has 0 N–H and O–H groups in total. The fraction of sp³-hybridized carbons (Fsp3) is 0.778. The van der Waals surface area contributed by atoms with E-state index in [0.717, 1.165) is 13.1 Å². The topological polar surface area (TPSA) is 3.24 Å². The van der Waals surface area contributed by atoms with Crippen LogP contribution in [0.4, 0.5) is 0 Å². The molecule has 0 rings (SSSR count). The minimum absolute atomic E-state index is 1.15. The fourth-order valence-corrected chi connectivity index (χ4v) is 1.41. The maximum absolute atomic E-state index is 3.78. The van der Waals surface area contributed by atoms with Gasteiger partial charge in [0.1, 0.15) is 0 Å². The molecule has 11 heavy (non-hydrogen) atoms. The lowest BCUT2D eigenvalue weighted by Gasteiger charge is -2.18. The zero-order chi connectivity index (χ0) is 8.53. The molecule has 0 amide bonds. The van der Waals surface area contributed by atoms with Crippen molar-refractivity contribution in [3.05, 3.63) is 12.8 Å². The molecule has 0 aliphatic heterocycles. The van der Waals surface area contributed by atoms with Gasteiger partial charge in [0.15, 0.2) is 0 Å². The minimum Gasteiger partial charge on any atom is -0.378 e. The van der Waals surface area contributed by atoms with Gasteiger partial charge in [0.05, 0.1) is 0 Å². The molecule has 0 radical (unpaired) electrons. The lowest BCUT2D eigenvalue weighted by atomic mass is 10.4. The average molecular weight is 173 g/mol. The summed E-state index contributed by atoms with van der Waals surface area (Å²) in [6.07, 6.45) is 6.58. The molecule has 0 unspecified atom stereocenters. The van der Waals surface area contributed by atoms with E-state index in [1.807, 2.05) is 18.0 Å².